The predicted octanol–water partition coefficient (Wildman–Crippen LogP) is 4.56. The fourth-order valence-corrected chi connectivity index (χ4v) is 3.88. The Hall–Kier alpha value is -4.26. The standard InChI is InChI=1S/C25H21N5O2/c1-29(16-17-15-23(28-32-17)22-9-5-6-13-26-22)25(31)21-11-10-20(24-12-14-27-30(24)2)18-7-3-4-8-19(18)21/h3-15H,16H2,1-2H3. The monoisotopic (exact) mass is 423 g/mol. The number of carbonyl (C=O) groups excluding carboxylic acids is 1. The number of rotatable bonds is 5. The number of amides is 1. The van der Waals surface area contributed by atoms with Crippen molar-refractivity contribution in [1.82, 2.24) is 24.8 Å². The summed E-state index contributed by atoms with van der Waals surface area (Å²) >= 11 is 0. The molecule has 0 spiro atoms. The van der Waals surface area contributed by atoms with Crippen molar-refractivity contribution in [2.45, 2.75) is 6.54 Å². The maximum absolute atomic E-state index is 13.3. The molecular formula is C25H21N5O2. The van der Waals surface area contributed by atoms with Crippen molar-refractivity contribution in [3.63, 3.8) is 0 Å². The Morgan fingerprint density at radius 3 is 2.53 bits per heavy atom. The summed E-state index contributed by atoms with van der Waals surface area (Å²) in [5.74, 6) is 0.505. The van der Waals surface area contributed by atoms with Gasteiger partial charge in [0.05, 0.1) is 17.9 Å². The molecule has 0 saturated carbocycles. The van der Waals surface area contributed by atoms with Crippen LogP contribution in [0.25, 0.3) is 33.4 Å². The van der Waals surface area contributed by atoms with Gasteiger partial charge in [-0.2, -0.15) is 5.10 Å². The smallest absolute Gasteiger partial charge is 0.254 e. The van der Waals surface area contributed by atoms with Gasteiger partial charge in [-0.25, -0.2) is 0 Å². The Morgan fingerprint density at radius 2 is 1.78 bits per heavy atom. The lowest BCUT2D eigenvalue weighted by atomic mass is 9.97. The van der Waals surface area contributed by atoms with Gasteiger partial charge in [0.25, 0.3) is 5.91 Å². The van der Waals surface area contributed by atoms with Crippen LogP contribution in [0.4, 0.5) is 0 Å². The van der Waals surface area contributed by atoms with Gasteiger partial charge in [-0.1, -0.05) is 41.6 Å². The SMILES string of the molecule is CN(Cc1cc(-c2ccccn2)no1)C(=O)c1ccc(-c2ccnn2C)c2ccccc12. The minimum absolute atomic E-state index is 0.0893. The van der Waals surface area contributed by atoms with E-state index in [0.717, 1.165) is 27.7 Å². The average Bonchev–Trinajstić information content (AvgIpc) is 3.47. The Bertz CT molecular complexity index is 1400. The van der Waals surface area contributed by atoms with Crippen LogP contribution in [0.5, 0.6) is 0 Å². The number of hydrogen-bond acceptors (Lipinski definition) is 5. The fraction of sp³-hybridized carbons (Fsp3) is 0.120. The third kappa shape index (κ3) is 3.54. The third-order valence-electron chi connectivity index (χ3n) is 5.48. The molecule has 0 radical (unpaired) electrons. The maximum atomic E-state index is 13.3. The summed E-state index contributed by atoms with van der Waals surface area (Å²) in [7, 11) is 3.67. The quantitative estimate of drug-likeness (QED) is 0.414. The number of carbonyl (C=O) groups is 1. The maximum Gasteiger partial charge on any atom is 0.254 e. The van der Waals surface area contributed by atoms with Crippen molar-refractivity contribution in [3.8, 4) is 22.6 Å². The number of pyridine rings is 1. The van der Waals surface area contributed by atoms with Crippen molar-refractivity contribution in [2.24, 2.45) is 7.05 Å². The lowest BCUT2D eigenvalue weighted by molar-refractivity contribution is 0.0774. The summed E-state index contributed by atoms with van der Waals surface area (Å²) in [6.45, 7) is 0.302. The second-order valence-electron chi connectivity index (χ2n) is 7.60. The van der Waals surface area contributed by atoms with E-state index in [0.29, 0.717) is 23.6 Å². The molecule has 32 heavy (non-hydrogen) atoms. The van der Waals surface area contributed by atoms with Crippen LogP contribution in [0, 0.1) is 0 Å². The molecule has 5 rings (SSSR count). The summed E-state index contributed by atoms with van der Waals surface area (Å²) in [6.07, 6.45) is 3.48. The molecule has 0 aliphatic rings. The van der Waals surface area contributed by atoms with E-state index >= 15 is 0 Å². The first-order valence-electron chi connectivity index (χ1n) is 10.2. The van der Waals surface area contributed by atoms with Crippen molar-refractivity contribution in [2.75, 3.05) is 7.05 Å². The molecular weight excluding hydrogens is 402 g/mol. The zero-order valence-corrected chi connectivity index (χ0v) is 17.8. The van der Waals surface area contributed by atoms with Crippen molar-refractivity contribution in [1.29, 1.82) is 0 Å². The molecule has 7 nitrogen and oxygen atoms in total. The zero-order valence-electron chi connectivity index (χ0n) is 17.8. The van der Waals surface area contributed by atoms with Gasteiger partial charge in [0, 0.05) is 43.7 Å². The van der Waals surface area contributed by atoms with Gasteiger partial charge >= 0.3 is 0 Å². The van der Waals surface area contributed by atoms with E-state index in [2.05, 4.69) is 15.2 Å². The van der Waals surface area contributed by atoms with E-state index in [1.165, 1.54) is 0 Å². The van der Waals surface area contributed by atoms with E-state index < -0.39 is 0 Å². The second-order valence-corrected chi connectivity index (χ2v) is 7.60. The molecule has 5 aromatic rings. The zero-order chi connectivity index (χ0) is 22.1. The van der Waals surface area contributed by atoms with Gasteiger partial charge in [-0.05, 0) is 35.0 Å². The van der Waals surface area contributed by atoms with Gasteiger partial charge in [0.15, 0.2) is 5.76 Å². The Kier molecular flexibility index (Phi) is 4.99. The van der Waals surface area contributed by atoms with E-state index in [1.54, 1.807) is 24.3 Å². The van der Waals surface area contributed by atoms with Gasteiger partial charge in [-0.15, -0.1) is 0 Å². The molecule has 0 unspecified atom stereocenters. The van der Waals surface area contributed by atoms with Crippen LogP contribution in [0.2, 0.25) is 0 Å². The molecule has 158 valence electrons. The number of aryl methyl sites for hydroxylation is 1. The molecule has 3 aromatic heterocycles. The van der Waals surface area contributed by atoms with E-state index in [1.807, 2.05) is 78.5 Å². The number of fused-ring (bicyclic) bond motifs is 1. The number of hydrogen-bond donors (Lipinski definition) is 0. The molecule has 3 heterocycles. The summed E-state index contributed by atoms with van der Waals surface area (Å²) in [5.41, 5.74) is 4.05. The Balaban J connectivity index is 1.44. The van der Waals surface area contributed by atoms with Crippen LogP contribution in [0.15, 0.2) is 83.6 Å². The van der Waals surface area contributed by atoms with Crippen molar-refractivity contribution >= 4 is 16.7 Å². The van der Waals surface area contributed by atoms with Crippen molar-refractivity contribution < 1.29 is 9.32 Å². The van der Waals surface area contributed by atoms with E-state index in [4.69, 9.17) is 4.52 Å². The molecule has 2 aromatic carbocycles. The third-order valence-corrected chi connectivity index (χ3v) is 5.48. The highest BCUT2D eigenvalue weighted by Crippen LogP contribution is 2.31. The molecule has 0 atom stereocenters. The first-order valence-corrected chi connectivity index (χ1v) is 10.2. The summed E-state index contributed by atoms with van der Waals surface area (Å²) in [4.78, 5) is 19.3. The Morgan fingerprint density at radius 1 is 0.969 bits per heavy atom. The van der Waals surface area contributed by atoms with E-state index in [-0.39, 0.29) is 5.91 Å². The number of nitrogens with zero attached hydrogens (tertiary/aromatic N) is 5. The van der Waals surface area contributed by atoms with Crippen LogP contribution in [-0.2, 0) is 13.6 Å². The highest BCUT2D eigenvalue weighted by Gasteiger charge is 2.19. The molecule has 0 bridgehead atoms. The summed E-state index contributed by atoms with van der Waals surface area (Å²) in [6, 6.07) is 21.2. The average molecular weight is 423 g/mol. The molecule has 7 heteroatoms. The number of aromatic nitrogens is 4. The lowest BCUT2D eigenvalue weighted by Crippen LogP contribution is -2.26. The van der Waals surface area contributed by atoms with Crippen molar-refractivity contribution in [3.05, 3.63) is 90.4 Å². The topological polar surface area (TPSA) is 77.1 Å². The normalized spacial score (nSPS) is 11.1. The lowest BCUT2D eigenvalue weighted by Gasteiger charge is -2.18. The van der Waals surface area contributed by atoms with Gasteiger partial charge in [0.1, 0.15) is 5.69 Å². The first-order chi connectivity index (χ1) is 15.6. The van der Waals surface area contributed by atoms with Gasteiger partial charge < -0.3 is 9.42 Å². The van der Waals surface area contributed by atoms with Crippen LogP contribution in [-0.4, -0.2) is 37.8 Å². The molecule has 0 aliphatic carbocycles. The first kappa shape index (κ1) is 19.7. The highest BCUT2D eigenvalue weighted by molar-refractivity contribution is 6.10. The van der Waals surface area contributed by atoms with Crippen LogP contribution >= 0.6 is 0 Å². The Labute approximate surface area is 184 Å². The summed E-state index contributed by atoms with van der Waals surface area (Å²) < 4.78 is 7.28. The highest BCUT2D eigenvalue weighted by atomic mass is 16.5. The van der Waals surface area contributed by atoms with Crippen LogP contribution in [0.3, 0.4) is 0 Å². The second kappa shape index (κ2) is 8.11. The summed E-state index contributed by atoms with van der Waals surface area (Å²) in [5, 5.41) is 10.3. The van der Waals surface area contributed by atoms with Crippen LogP contribution in [0.1, 0.15) is 16.1 Å². The van der Waals surface area contributed by atoms with Gasteiger partial charge in [0.2, 0.25) is 0 Å². The van der Waals surface area contributed by atoms with Gasteiger partial charge in [-0.3, -0.25) is 14.5 Å². The predicted molar refractivity (Wildman–Crippen MR) is 122 cm³/mol. The largest absolute Gasteiger partial charge is 0.359 e. The molecule has 0 saturated heterocycles. The molecule has 0 aliphatic heterocycles. The minimum Gasteiger partial charge on any atom is -0.359 e. The molecule has 0 N–H and O–H groups in total. The minimum atomic E-state index is -0.0893. The fourth-order valence-electron chi connectivity index (χ4n) is 3.88. The van der Waals surface area contributed by atoms with Crippen LogP contribution < -0.4 is 0 Å². The molecule has 1 amide bonds. The molecule has 0 fully saturated rings. The number of benzene rings is 2. The van der Waals surface area contributed by atoms with E-state index in [9.17, 15) is 4.79 Å².